The van der Waals surface area contributed by atoms with E-state index >= 15 is 0 Å². The number of unbranched alkanes of at least 4 members (excludes halogenated alkanes) is 1. The molecule has 0 aliphatic rings. The van der Waals surface area contributed by atoms with Crippen molar-refractivity contribution in [3.63, 3.8) is 0 Å². The van der Waals surface area contributed by atoms with Gasteiger partial charge in [-0.2, -0.15) is 0 Å². The molecule has 1 aromatic rings. The van der Waals surface area contributed by atoms with Crippen LogP contribution in [0.4, 0.5) is 14.4 Å². The van der Waals surface area contributed by atoms with Gasteiger partial charge >= 0.3 is 24.4 Å². The first-order chi connectivity index (χ1) is 17.8. The van der Waals surface area contributed by atoms with Gasteiger partial charge in [0.25, 0.3) is 0 Å². The Morgan fingerprint density at radius 2 is 1.32 bits per heavy atom. The third-order valence-corrected chi connectivity index (χ3v) is 4.78. The quantitative estimate of drug-likeness (QED) is 0.159. The first-order valence-corrected chi connectivity index (χ1v) is 12.5. The van der Waals surface area contributed by atoms with Crippen molar-refractivity contribution < 1.29 is 52.3 Å². The summed E-state index contributed by atoms with van der Waals surface area (Å²) in [5, 5.41) is 0. The van der Waals surface area contributed by atoms with E-state index in [9.17, 15) is 19.2 Å². The molecule has 0 radical (unpaired) electrons. The molecule has 0 heterocycles. The van der Waals surface area contributed by atoms with Gasteiger partial charge in [0, 0.05) is 0 Å². The lowest BCUT2D eigenvalue weighted by Gasteiger charge is -2.22. The summed E-state index contributed by atoms with van der Waals surface area (Å²) >= 11 is 0. The third kappa shape index (κ3) is 12.6. The lowest BCUT2D eigenvalue weighted by atomic mass is 10.1. The molecule has 0 saturated carbocycles. The van der Waals surface area contributed by atoms with E-state index in [-0.39, 0.29) is 24.5 Å². The topological polar surface area (TPSA) is 159 Å². The van der Waals surface area contributed by atoms with E-state index in [0.29, 0.717) is 12.0 Å². The molecule has 0 fully saturated rings. The number of ether oxygens (including phenoxy) is 7. The van der Waals surface area contributed by atoms with E-state index in [1.807, 2.05) is 6.92 Å². The molecule has 1 aromatic carbocycles. The van der Waals surface area contributed by atoms with Gasteiger partial charge < -0.3 is 38.9 Å². The van der Waals surface area contributed by atoms with Crippen molar-refractivity contribution >= 4 is 24.4 Å². The Hall–Kier alpha value is -3.54. The molecule has 0 aliphatic heterocycles. The Balaban J connectivity index is 2.86. The average molecular weight is 542 g/mol. The summed E-state index contributed by atoms with van der Waals surface area (Å²) in [7, 11) is 0. The zero-order chi connectivity index (χ0) is 28.8. The predicted molar refractivity (Wildman–Crippen MR) is 135 cm³/mol. The Morgan fingerprint density at radius 3 is 1.87 bits per heavy atom. The highest BCUT2D eigenvalue weighted by Gasteiger charge is 2.25. The van der Waals surface area contributed by atoms with Crippen LogP contribution < -0.4 is 15.2 Å². The number of hydrogen-bond donors (Lipinski definition) is 1. The molecule has 0 aliphatic carbocycles. The number of carbonyl (C=O) groups excluding carboxylic acids is 4. The molecule has 2 N–H and O–H groups in total. The Morgan fingerprint density at radius 1 is 0.763 bits per heavy atom. The van der Waals surface area contributed by atoms with Crippen molar-refractivity contribution in [1.82, 2.24) is 0 Å². The molecule has 12 heteroatoms. The van der Waals surface area contributed by atoms with Crippen LogP contribution in [0.1, 0.15) is 66.9 Å². The summed E-state index contributed by atoms with van der Waals surface area (Å²) in [6.07, 6.45) is -3.72. The van der Waals surface area contributed by atoms with Crippen LogP contribution in [0.3, 0.4) is 0 Å². The van der Waals surface area contributed by atoms with Gasteiger partial charge in [0.2, 0.25) is 0 Å². The summed E-state index contributed by atoms with van der Waals surface area (Å²) < 4.78 is 35.7. The molecule has 3 atom stereocenters. The van der Waals surface area contributed by atoms with Crippen molar-refractivity contribution in [3.8, 4) is 11.5 Å². The number of rotatable bonds is 13. The molecule has 0 bridgehead atoms. The maximum Gasteiger partial charge on any atom is 0.514 e. The molecule has 0 spiro atoms. The number of hydrogen-bond acceptors (Lipinski definition) is 12. The highest BCUT2D eigenvalue weighted by molar-refractivity contribution is 5.76. The first kappa shape index (κ1) is 32.5. The number of carbonyl (C=O) groups is 4. The molecular weight excluding hydrogens is 502 g/mol. The zero-order valence-electron chi connectivity index (χ0n) is 23.0. The molecule has 38 heavy (non-hydrogen) atoms. The minimum atomic E-state index is -1.10. The fourth-order valence-corrected chi connectivity index (χ4v) is 2.74. The van der Waals surface area contributed by atoms with E-state index in [2.05, 4.69) is 0 Å². The largest absolute Gasteiger partial charge is 0.514 e. The Bertz CT molecular complexity index is 932. The highest BCUT2D eigenvalue weighted by Crippen LogP contribution is 2.30. The molecule has 0 amide bonds. The van der Waals surface area contributed by atoms with Gasteiger partial charge in [-0.05, 0) is 72.1 Å². The van der Waals surface area contributed by atoms with Crippen LogP contribution >= 0.6 is 0 Å². The molecule has 1 rings (SSSR count). The Kier molecular flexibility index (Phi) is 14.0. The summed E-state index contributed by atoms with van der Waals surface area (Å²) in [5.74, 6) is -0.970. The standard InChI is InChI=1S/C26H39NO11/c1-8-9-12-32-24(29)36-18(7)17(6)35-23(28)20(27)13-19-10-11-21(37-25(30)33-15(2)3)22(14-19)38-26(31)34-16(4)5/h10-11,14-18,20H,8-9,12-13,27H2,1-7H3/t17-,18?,20-/m0/s1. The van der Waals surface area contributed by atoms with Crippen molar-refractivity contribution in [1.29, 1.82) is 0 Å². The SMILES string of the molecule is CCCCOC(=O)OC(C)[C@H](C)OC(=O)[C@@H](N)Cc1ccc(OC(=O)OC(C)C)c(OC(=O)OC(C)C)c1. The van der Waals surface area contributed by atoms with Gasteiger partial charge in [-0.15, -0.1) is 0 Å². The number of benzene rings is 1. The fourth-order valence-electron chi connectivity index (χ4n) is 2.74. The fraction of sp³-hybridized carbons (Fsp3) is 0.615. The van der Waals surface area contributed by atoms with Gasteiger partial charge in [-0.1, -0.05) is 19.4 Å². The van der Waals surface area contributed by atoms with Crippen molar-refractivity contribution in [2.45, 2.75) is 98.2 Å². The predicted octanol–water partition coefficient (Wildman–Crippen LogP) is 4.68. The van der Waals surface area contributed by atoms with E-state index in [1.54, 1.807) is 41.5 Å². The lowest BCUT2D eigenvalue weighted by Crippen LogP contribution is -2.39. The monoisotopic (exact) mass is 541 g/mol. The summed E-state index contributed by atoms with van der Waals surface area (Å²) in [5.41, 5.74) is 6.50. The van der Waals surface area contributed by atoms with Gasteiger partial charge in [-0.25, -0.2) is 14.4 Å². The molecule has 0 aromatic heterocycles. The highest BCUT2D eigenvalue weighted by atomic mass is 16.8. The van der Waals surface area contributed by atoms with Crippen LogP contribution in [-0.4, -0.2) is 61.5 Å². The van der Waals surface area contributed by atoms with E-state index in [4.69, 9.17) is 38.9 Å². The molecular formula is C26H39NO11. The van der Waals surface area contributed by atoms with Crippen LogP contribution in [0.5, 0.6) is 11.5 Å². The second-order valence-corrected chi connectivity index (χ2v) is 9.05. The summed E-state index contributed by atoms with van der Waals surface area (Å²) in [6.45, 7) is 11.9. The summed E-state index contributed by atoms with van der Waals surface area (Å²) in [6, 6.07) is 3.19. The summed E-state index contributed by atoms with van der Waals surface area (Å²) in [4.78, 5) is 48.3. The van der Waals surface area contributed by atoms with Crippen molar-refractivity contribution in [2.75, 3.05) is 6.61 Å². The minimum absolute atomic E-state index is 0.00778. The lowest BCUT2D eigenvalue weighted by molar-refractivity contribution is -0.155. The zero-order valence-corrected chi connectivity index (χ0v) is 23.0. The second kappa shape index (κ2) is 16.3. The normalized spacial score (nSPS) is 13.2. The molecule has 0 saturated heterocycles. The first-order valence-electron chi connectivity index (χ1n) is 12.5. The van der Waals surface area contributed by atoms with Crippen molar-refractivity contribution in [3.05, 3.63) is 23.8 Å². The maximum absolute atomic E-state index is 12.5. The van der Waals surface area contributed by atoms with Crippen LogP contribution in [-0.2, 0) is 34.9 Å². The van der Waals surface area contributed by atoms with E-state index < -0.39 is 54.9 Å². The molecule has 1 unspecified atom stereocenters. The van der Waals surface area contributed by atoms with Crippen molar-refractivity contribution in [2.24, 2.45) is 5.73 Å². The molecule has 12 nitrogen and oxygen atoms in total. The number of esters is 1. The van der Waals surface area contributed by atoms with Gasteiger partial charge in [0.05, 0.1) is 18.8 Å². The maximum atomic E-state index is 12.5. The van der Waals surface area contributed by atoms with Crippen LogP contribution in [0, 0.1) is 0 Å². The van der Waals surface area contributed by atoms with Gasteiger partial charge in [0.1, 0.15) is 18.2 Å². The number of nitrogens with two attached hydrogens (primary N) is 1. The van der Waals surface area contributed by atoms with Gasteiger partial charge in [0.15, 0.2) is 11.5 Å². The second-order valence-electron chi connectivity index (χ2n) is 9.05. The Labute approximate surface area is 223 Å². The smallest absolute Gasteiger partial charge is 0.458 e. The minimum Gasteiger partial charge on any atom is -0.458 e. The average Bonchev–Trinajstić information content (AvgIpc) is 2.79. The van der Waals surface area contributed by atoms with Crippen LogP contribution in [0.2, 0.25) is 0 Å². The molecule has 214 valence electrons. The van der Waals surface area contributed by atoms with E-state index in [1.165, 1.54) is 18.2 Å². The third-order valence-electron chi connectivity index (χ3n) is 4.78. The van der Waals surface area contributed by atoms with E-state index in [0.717, 1.165) is 6.42 Å². The van der Waals surface area contributed by atoms with Crippen LogP contribution in [0.25, 0.3) is 0 Å². The van der Waals surface area contributed by atoms with Gasteiger partial charge in [-0.3, -0.25) is 4.79 Å². The van der Waals surface area contributed by atoms with Crippen LogP contribution in [0.15, 0.2) is 18.2 Å².